The fourth-order valence-corrected chi connectivity index (χ4v) is 5.04. The molecular weight excluding hydrogens is 538 g/mol. The van der Waals surface area contributed by atoms with Gasteiger partial charge in [0.2, 0.25) is 34.2 Å². The molecule has 2 unspecified atom stereocenters. The third-order valence-electron chi connectivity index (χ3n) is 5.85. The summed E-state index contributed by atoms with van der Waals surface area (Å²) in [6, 6.07) is 0. The Balaban J connectivity index is 1.77. The summed E-state index contributed by atoms with van der Waals surface area (Å²) < 4.78 is 73.3. The van der Waals surface area contributed by atoms with Gasteiger partial charge in [-0.3, -0.25) is 9.29 Å². The van der Waals surface area contributed by atoms with Crippen LogP contribution in [0.4, 0.5) is 14.7 Å². The predicted molar refractivity (Wildman–Crippen MR) is 126 cm³/mol. The van der Waals surface area contributed by atoms with Crippen molar-refractivity contribution >= 4 is 27.6 Å². The SMILES string of the molecule is COc1ncnc(OC)c1-n1c(NS(=O)(=O)[C@@H](C)[C@H](OC)c2ncc(Cl)cn2)nnc1C1CC1C(F)F. The smallest absolute Gasteiger partial charge is 0.245 e. The van der Waals surface area contributed by atoms with Crippen molar-refractivity contribution in [1.82, 2.24) is 34.7 Å². The second-order valence-electron chi connectivity index (χ2n) is 8.07. The molecule has 4 rings (SSSR count). The van der Waals surface area contributed by atoms with Crippen LogP contribution in [0.2, 0.25) is 5.02 Å². The molecule has 1 N–H and O–H groups in total. The van der Waals surface area contributed by atoms with Gasteiger partial charge in [-0.2, -0.15) is 9.97 Å². The summed E-state index contributed by atoms with van der Waals surface area (Å²) in [5, 5.41) is 7.02. The van der Waals surface area contributed by atoms with Gasteiger partial charge in [-0.25, -0.2) is 27.2 Å². The maximum atomic E-state index is 13.4. The first-order valence-electron chi connectivity index (χ1n) is 10.8. The molecule has 1 saturated carbocycles. The number of hydrogen-bond donors (Lipinski definition) is 1. The zero-order valence-electron chi connectivity index (χ0n) is 20.0. The van der Waals surface area contributed by atoms with E-state index in [0.717, 1.165) is 0 Å². The first kappa shape index (κ1) is 26.8. The van der Waals surface area contributed by atoms with Crippen LogP contribution in [0.1, 0.15) is 37.0 Å². The van der Waals surface area contributed by atoms with Gasteiger partial charge in [0.25, 0.3) is 0 Å². The van der Waals surface area contributed by atoms with E-state index in [2.05, 4.69) is 34.9 Å². The van der Waals surface area contributed by atoms with Crippen molar-refractivity contribution in [1.29, 1.82) is 0 Å². The van der Waals surface area contributed by atoms with Crippen LogP contribution < -0.4 is 14.2 Å². The Morgan fingerprint density at radius 2 is 1.70 bits per heavy atom. The van der Waals surface area contributed by atoms with Gasteiger partial charge in [0, 0.05) is 31.3 Å². The number of nitrogens with one attached hydrogen (secondary N) is 1. The van der Waals surface area contributed by atoms with Crippen molar-refractivity contribution in [2.45, 2.75) is 37.0 Å². The molecule has 200 valence electrons. The average molecular weight is 561 g/mol. The van der Waals surface area contributed by atoms with E-state index in [-0.39, 0.29) is 46.5 Å². The molecule has 0 amide bonds. The molecule has 0 bridgehead atoms. The Bertz CT molecular complexity index is 1340. The van der Waals surface area contributed by atoms with Crippen LogP contribution in [0.3, 0.4) is 0 Å². The number of halogens is 3. The number of ether oxygens (including phenoxy) is 3. The highest BCUT2D eigenvalue weighted by Crippen LogP contribution is 2.51. The van der Waals surface area contributed by atoms with Crippen LogP contribution in [0.15, 0.2) is 18.7 Å². The second-order valence-corrected chi connectivity index (χ2v) is 10.5. The molecule has 3 heterocycles. The Labute approximate surface area is 215 Å². The van der Waals surface area contributed by atoms with Gasteiger partial charge in [-0.15, -0.1) is 10.2 Å². The number of alkyl halides is 2. The molecule has 0 radical (unpaired) electrons. The molecule has 0 saturated heterocycles. The maximum Gasteiger partial charge on any atom is 0.245 e. The number of hydrogen-bond acceptors (Lipinski definition) is 11. The quantitative estimate of drug-likeness (QED) is 0.367. The Morgan fingerprint density at radius 3 is 2.22 bits per heavy atom. The lowest BCUT2D eigenvalue weighted by Gasteiger charge is -2.22. The van der Waals surface area contributed by atoms with E-state index in [1.54, 1.807) is 0 Å². The summed E-state index contributed by atoms with van der Waals surface area (Å²) in [6.07, 6.45) is 0.264. The first-order valence-corrected chi connectivity index (χ1v) is 12.7. The number of nitrogens with zero attached hydrogens (tertiary/aromatic N) is 7. The normalized spacial score (nSPS) is 18.9. The highest BCUT2D eigenvalue weighted by Gasteiger charge is 2.49. The zero-order valence-corrected chi connectivity index (χ0v) is 21.6. The van der Waals surface area contributed by atoms with E-state index < -0.39 is 39.6 Å². The van der Waals surface area contributed by atoms with E-state index in [4.69, 9.17) is 25.8 Å². The number of sulfonamides is 1. The Morgan fingerprint density at radius 1 is 1.08 bits per heavy atom. The summed E-state index contributed by atoms with van der Waals surface area (Å²) >= 11 is 5.83. The molecule has 0 aromatic carbocycles. The average Bonchev–Trinajstić information content (AvgIpc) is 3.59. The topological polar surface area (TPSA) is 156 Å². The molecule has 37 heavy (non-hydrogen) atoms. The lowest BCUT2D eigenvalue weighted by atomic mass is 10.2. The van der Waals surface area contributed by atoms with Crippen molar-refractivity contribution in [3.05, 3.63) is 35.4 Å². The molecule has 17 heteroatoms. The summed E-state index contributed by atoms with van der Waals surface area (Å²) in [5.41, 5.74) is 0.0436. The van der Waals surface area contributed by atoms with Gasteiger partial charge in [0.05, 0.1) is 19.2 Å². The van der Waals surface area contributed by atoms with Gasteiger partial charge >= 0.3 is 0 Å². The van der Waals surface area contributed by atoms with E-state index in [1.807, 2.05) is 0 Å². The predicted octanol–water partition coefficient (Wildman–Crippen LogP) is 2.40. The number of rotatable bonds is 11. The fraction of sp³-hybridized carbons (Fsp3) is 0.500. The van der Waals surface area contributed by atoms with Gasteiger partial charge in [-0.1, -0.05) is 11.6 Å². The first-order chi connectivity index (χ1) is 17.6. The van der Waals surface area contributed by atoms with E-state index >= 15 is 0 Å². The molecule has 1 aliphatic rings. The van der Waals surface area contributed by atoms with Crippen molar-refractivity contribution < 1.29 is 31.4 Å². The molecular formula is C20H23ClF2N8O5S. The molecule has 3 aromatic rings. The van der Waals surface area contributed by atoms with Crippen LogP contribution in [-0.4, -0.2) is 76.1 Å². The lowest BCUT2D eigenvalue weighted by Crippen LogP contribution is -2.33. The number of aromatic nitrogens is 7. The Hall–Kier alpha value is -3.24. The summed E-state index contributed by atoms with van der Waals surface area (Å²) in [4.78, 5) is 16.2. The summed E-state index contributed by atoms with van der Waals surface area (Å²) in [5.74, 6) is -1.82. The van der Waals surface area contributed by atoms with E-state index in [9.17, 15) is 17.2 Å². The minimum Gasteiger partial charge on any atom is -0.479 e. The largest absolute Gasteiger partial charge is 0.479 e. The monoisotopic (exact) mass is 560 g/mol. The fourth-order valence-electron chi connectivity index (χ4n) is 3.81. The third kappa shape index (κ3) is 5.26. The minimum atomic E-state index is -4.26. The molecule has 3 aromatic heterocycles. The molecule has 1 aliphatic carbocycles. The second kappa shape index (κ2) is 10.6. The maximum absolute atomic E-state index is 13.4. The van der Waals surface area contributed by atoms with Crippen LogP contribution in [-0.2, 0) is 14.8 Å². The molecule has 0 spiro atoms. The highest BCUT2D eigenvalue weighted by atomic mass is 35.5. The molecule has 13 nitrogen and oxygen atoms in total. The minimum absolute atomic E-state index is 0.0139. The highest BCUT2D eigenvalue weighted by molar-refractivity contribution is 7.93. The van der Waals surface area contributed by atoms with Crippen LogP contribution in [0.25, 0.3) is 5.69 Å². The number of methoxy groups -OCH3 is 3. The van der Waals surface area contributed by atoms with Gasteiger partial charge in [0.1, 0.15) is 23.5 Å². The van der Waals surface area contributed by atoms with Crippen molar-refractivity contribution in [3.63, 3.8) is 0 Å². The summed E-state index contributed by atoms with van der Waals surface area (Å²) in [6.45, 7) is 1.39. The van der Waals surface area contributed by atoms with Crippen LogP contribution >= 0.6 is 11.6 Å². The van der Waals surface area contributed by atoms with Gasteiger partial charge in [-0.05, 0) is 13.3 Å². The Kier molecular flexibility index (Phi) is 7.70. The van der Waals surface area contributed by atoms with Crippen LogP contribution in [0.5, 0.6) is 11.8 Å². The molecule has 1 fully saturated rings. The van der Waals surface area contributed by atoms with Crippen molar-refractivity contribution in [2.75, 3.05) is 26.1 Å². The van der Waals surface area contributed by atoms with Crippen LogP contribution in [0, 0.1) is 5.92 Å². The zero-order chi connectivity index (χ0) is 26.9. The van der Waals surface area contributed by atoms with E-state index in [1.165, 1.54) is 51.5 Å². The number of anilines is 1. The van der Waals surface area contributed by atoms with Gasteiger partial charge < -0.3 is 14.2 Å². The lowest BCUT2D eigenvalue weighted by molar-refractivity contribution is 0.0950. The summed E-state index contributed by atoms with van der Waals surface area (Å²) in [7, 11) is -0.289. The molecule has 0 aliphatic heterocycles. The molecule has 4 atom stereocenters. The van der Waals surface area contributed by atoms with E-state index in [0.29, 0.717) is 0 Å². The van der Waals surface area contributed by atoms with Crippen molar-refractivity contribution in [2.24, 2.45) is 5.92 Å². The van der Waals surface area contributed by atoms with Gasteiger partial charge in [0.15, 0.2) is 11.5 Å². The van der Waals surface area contributed by atoms with Crippen molar-refractivity contribution in [3.8, 4) is 17.4 Å². The third-order valence-corrected chi connectivity index (χ3v) is 7.74. The standard InChI is InChI=1S/C20H23ClF2N8O5S/c1-9(14(34-2)16-24-6-10(21)7-25-16)37(32,33)30-20-29-28-17(12-5-11(12)15(22)23)31(20)13-18(35-3)26-8-27-19(13)36-4/h6-9,11-12,14-15H,5H2,1-4H3,(H,29,30)/t9-,11?,12?,14-/m0/s1.